The first-order valence-electron chi connectivity index (χ1n) is 5.94. The van der Waals surface area contributed by atoms with Gasteiger partial charge in [-0.05, 0) is 11.6 Å². The monoisotopic (exact) mass is 270 g/mol. The van der Waals surface area contributed by atoms with Gasteiger partial charge in [0.05, 0.1) is 6.61 Å². The number of rotatable bonds is 8. The van der Waals surface area contributed by atoms with E-state index in [4.69, 9.17) is 16.3 Å². The molecule has 18 heavy (non-hydrogen) atoms. The van der Waals surface area contributed by atoms with Crippen molar-refractivity contribution in [1.82, 2.24) is 10.6 Å². The summed E-state index contributed by atoms with van der Waals surface area (Å²) in [7, 11) is 1.65. The van der Waals surface area contributed by atoms with Gasteiger partial charge in [0.25, 0.3) is 0 Å². The highest BCUT2D eigenvalue weighted by Crippen LogP contribution is 2.14. The Morgan fingerprint density at radius 1 is 1.33 bits per heavy atom. The van der Waals surface area contributed by atoms with Crippen LogP contribution in [0.3, 0.4) is 0 Å². The molecule has 0 radical (unpaired) electrons. The van der Waals surface area contributed by atoms with Crippen LogP contribution in [0.2, 0.25) is 5.02 Å². The van der Waals surface area contributed by atoms with E-state index >= 15 is 0 Å². The maximum absolute atomic E-state index is 11.5. The van der Waals surface area contributed by atoms with Gasteiger partial charge in [0.2, 0.25) is 5.91 Å². The first-order chi connectivity index (χ1) is 8.74. The largest absolute Gasteiger partial charge is 0.383 e. The van der Waals surface area contributed by atoms with Crippen molar-refractivity contribution < 1.29 is 9.53 Å². The van der Waals surface area contributed by atoms with Crippen molar-refractivity contribution in [2.24, 2.45) is 0 Å². The average Bonchev–Trinajstić information content (AvgIpc) is 2.37. The number of carbonyl (C=O) groups excluding carboxylic acids is 1. The van der Waals surface area contributed by atoms with E-state index in [1.807, 2.05) is 24.3 Å². The molecule has 0 saturated heterocycles. The number of hydrogen-bond acceptors (Lipinski definition) is 3. The molecular weight excluding hydrogens is 252 g/mol. The number of carbonyl (C=O) groups is 1. The third-order valence-electron chi connectivity index (χ3n) is 2.45. The lowest BCUT2D eigenvalue weighted by molar-refractivity contribution is -0.121. The summed E-state index contributed by atoms with van der Waals surface area (Å²) < 4.78 is 4.89. The first-order valence-corrected chi connectivity index (χ1v) is 6.31. The van der Waals surface area contributed by atoms with Gasteiger partial charge >= 0.3 is 0 Å². The Hall–Kier alpha value is -1.10. The van der Waals surface area contributed by atoms with Gasteiger partial charge in [0.15, 0.2) is 0 Å². The fourth-order valence-electron chi connectivity index (χ4n) is 1.43. The Kier molecular flexibility index (Phi) is 7.41. The lowest BCUT2D eigenvalue weighted by Crippen LogP contribution is -2.28. The quantitative estimate of drug-likeness (QED) is 0.705. The molecule has 0 spiro atoms. The molecule has 0 unspecified atom stereocenters. The predicted molar refractivity (Wildman–Crippen MR) is 72.7 cm³/mol. The fourth-order valence-corrected chi connectivity index (χ4v) is 1.63. The molecule has 0 aliphatic rings. The second kappa shape index (κ2) is 8.91. The maximum Gasteiger partial charge on any atom is 0.221 e. The van der Waals surface area contributed by atoms with Crippen molar-refractivity contribution in [2.75, 3.05) is 26.8 Å². The van der Waals surface area contributed by atoms with Crippen LogP contribution in [0.25, 0.3) is 0 Å². The summed E-state index contributed by atoms with van der Waals surface area (Å²) in [5, 5.41) is 6.63. The maximum atomic E-state index is 11.5. The van der Waals surface area contributed by atoms with E-state index < -0.39 is 0 Å². The second-order valence-corrected chi connectivity index (χ2v) is 4.27. The summed E-state index contributed by atoms with van der Waals surface area (Å²) in [5.74, 6) is 0.0137. The van der Waals surface area contributed by atoms with E-state index in [9.17, 15) is 4.79 Å². The molecule has 1 amide bonds. The number of halogens is 1. The number of hydrogen-bond donors (Lipinski definition) is 2. The number of methoxy groups -OCH3 is 1. The van der Waals surface area contributed by atoms with E-state index in [1.54, 1.807) is 7.11 Å². The summed E-state index contributed by atoms with van der Waals surface area (Å²) in [6.07, 6.45) is 0.453. The zero-order valence-corrected chi connectivity index (χ0v) is 11.3. The Bertz CT molecular complexity index is 372. The lowest BCUT2D eigenvalue weighted by atomic mass is 10.2. The van der Waals surface area contributed by atoms with Gasteiger partial charge in [-0.1, -0.05) is 29.8 Å². The van der Waals surface area contributed by atoms with E-state index in [0.717, 1.165) is 12.1 Å². The molecule has 0 heterocycles. The van der Waals surface area contributed by atoms with E-state index in [1.165, 1.54) is 0 Å². The summed E-state index contributed by atoms with van der Waals surface area (Å²) in [6.45, 7) is 2.53. The third kappa shape index (κ3) is 6.00. The van der Waals surface area contributed by atoms with E-state index in [0.29, 0.717) is 31.1 Å². The van der Waals surface area contributed by atoms with Crippen LogP contribution in [0.1, 0.15) is 12.0 Å². The highest BCUT2D eigenvalue weighted by Gasteiger charge is 2.03. The molecule has 4 nitrogen and oxygen atoms in total. The number of ether oxygens (including phenoxy) is 1. The number of nitrogens with one attached hydrogen (secondary N) is 2. The van der Waals surface area contributed by atoms with Crippen LogP contribution in [0.15, 0.2) is 24.3 Å². The van der Waals surface area contributed by atoms with E-state index in [-0.39, 0.29) is 5.91 Å². The summed E-state index contributed by atoms with van der Waals surface area (Å²) >= 11 is 5.99. The Morgan fingerprint density at radius 2 is 2.11 bits per heavy atom. The molecule has 1 aromatic carbocycles. The van der Waals surface area contributed by atoms with Crippen LogP contribution in [-0.2, 0) is 16.1 Å². The Balaban J connectivity index is 2.15. The van der Waals surface area contributed by atoms with Crippen LogP contribution in [0, 0.1) is 0 Å². The molecule has 0 fully saturated rings. The molecule has 100 valence electrons. The molecule has 0 aliphatic carbocycles. The zero-order chi connectivity index (χ0) is 13.2. The summed E-state index contributed by atoms with van der Waals surface area (Å²) in [6, 6.07) is 7.49. The zero-order valence-electron chi connectivity index (χ0n) is 10.5. The van der Waals surface area contributed by atoms with Crippen LogP contribution in [-0.4, -0.2) is 32.7 Å². The van der Waals surface area contributed by atoms with Crippen LogP contribution in [0.5, 0.6) is 0 Å². The van der Waals surface area contributed by atoms with Gasteiger partial charge in [0.1, 0.15) is 0 Å². The first kappa shape index (κ1) is 15.0. The van der Waals surface area contributed by atoms with Crippen LogP contribution in [0.4, 0.5) is 0 Å². The van der Waals surface area contributed by atoms with Gasteiger partial charge in [-0.3, -0.25) is 4.79 Å². The SMILES string of the molecule is COCCNCCC(=O)NCc1ccccc1Cl. The Morgan fingerprint density at radius 3 is 2.83 bits per heavy atom. The number of benzene rings is 1. The van der Waals surface area contributed by atoms with Crippen molar-refractivity contribution in [3.8, 4) is 0 Å². The minimum Gasteiger partial charge on any atom is -0.383 e. The van der Waals surface area contributed by atoms with Crippen LogP contribution < -0.4 is 10.6 Å². The predicted octanol–water partition coefficient (Wildman–Crippen LogP) is 1.58. The van der Waals surface area contributed by atoms with E-state index in [2.05, 4.69) is 10.6 Å². The van der Waals surface area contributed by atoms with Gasteiger partial charge in [-0.15, -0.1) is 0 Å². The molecular formula is C13H19ClN2O2. The molecule has 1 rings (SSSR count). The molecule has 0 bridgehead atoms. The average molecular weight is 271 g/mol. The smallest absolute Gasteiger partial charge is 0.221 e. The molecule has 2 N–H and O–H groups in total. The van der Waals surface area contributed by atoms with Gasteiger partial charge < -0.3 is 15.4 Å². The minimum atomic E-state index is 0.0137. The summed E-state index contributed by atoms with van der Waals surface area (Å²) in [5.41, 5.74) is 0.930. The topological polar surface area (TPSA) is 50.4 Å². The standard InChI is InChI=1S/C13H19ClN2O2/c1-18-9-8-15-7-6-13(17)16-10-11-4-2-3-5-12(11)14/h2-5,15H,6-10H2,1H3,(H,16,17). The van der Waals surface area contributed by atoms with Gasteiger partial charge in [-0.2, -0.15) is 0 Å². The number of amides is 1. The third-order valence-corrected chi connectivity index (χ3v) is 2.81. The summed E-state index contributed by atoms with van der Waals surface area (Å²) in [4.78, 5) is 11.5. The van der Waals surface area contributed by atoms with Crippen molar-refractivity contribution in [2.45, 2.75) is 13.0 Å². The fraction of sp³-hybridized carbons (Fsp3) is 0.462. The van der Waals surface area contributed by atoms with Crippen LogP contribution >= 0.6 is 11.6 Å². The normalized spacial score (nSPS) is 10.3. The highest BCUT2D eigenvalue weighted by atomic mass is 35.5. The van der Waals surface area contributed by atoms with Crippen molar-refractivity contribution in [3.63, 3.8) is 0 Å². The highest BCUT2D eigenvalue weighted by molar-refractivity contribution is 6.31. The molecule has 0 atom stereocenters. The van der Waals surface area contributed by atoms with Crippen molar-refractivity contribution in [3.05, 3.63) is 34.9 Å². The minimum absolute atomic E-state index is 0.0137. The molecule has 0 aliphatic heterocycles. The lowest BCUT2D eigenvalue weighted by Gasteiger charge is -2.07. The van der Waals surface area contributed by atoms with Crippen molar-refractivity contribution >= 4 is 17.5 Å². The van der Waals surface area contributed by atoms with Crippen molar-refractivity contribution in [1.29, 1.82) is 0 Å². The molecule has 0 saturated carbocycles. The van der Waals surface area contributed by atoms with Gasteiger partial charge in [0, 0.05) is 38.2 Å². The second-order valence-electron chi connectivity index (χ2n) is 3.86. The Labute approximate surface area is 113 Å². The van der Waals surface area contributed by atoms with Gasteiger partial charge in [-0.25, -0.2) is 0 Å². The molecule has 0 aromatic heterocycles. The molecule has 5 heteroatoms. The molecule has 1 aromatic rings.